The van der Waals surface area contributed by atoms with E-state index in [9.17, 15) is 4.79 Å². The van der Waals surface area contributed by atoms with Crippen LogP contribution in [0.15, 0.2) is 24.3 Å². The van der Waals surface area contributed by atoms with Gasteiger partial charge in [-0.25, -0.2) is 0 Å². The van der Waals surface area contributed by atoms with Crippen molar-refractivity contribution in [3.63, 3.8) is 0 Å². The normalized spacial score (nSPS) is 11.3. The van der Waals surface area contributed by atoms with E-state index in [0.29, 0.717) is 6.54 Å². The lowest BCUT2D eigenvalue weighted by atomic mass is 10.1. The number of benzene rings is 1. The van der Waals surface area contributed by atoms with Crippen LogP contribution in [0.25, 0.3) is 0 Å². The van der Waals surface area contributed by atoms with E-state index in [4.69, 9.17) is 9.84 Å². The minimum atomic E-state index is -0.747. The third-order valence-electron chi connectivity index (χ3n) is 3.37. The second-order valence-corrected chi connectivity index (χ2v) is 5.62. The minimum Gasteiger partial charge on any atom is -0.481 e. The SMILES string of the molecule is Cc1ccccc1CN(CCCOC(C)C)CCC(=O)O. The zero-order chi connectivity index (χ0) is 15.7. The van der Waals surface area contributed by atoms with E-state index in [0.717, 1.165) is 26.1 Å². The summed E-state index contributed by atoms with van der Waals surface area (Å²) in [5.41, 5.74) is 2.50. The average Bonchev–Trinajstić information content (AvgIpc) is 2.42. The van der Waals surface area contributed by atoms with Gasteiger partial charge >= 0.3 is 5.97 Å². The molecule has 1 rings (SSSR count). The largest absolute Gasteiger partial charge is 0.481 e. The molecule has 0 unspecified atom stereocenters. The highest BCUT2D eigenvalue weighted by Gasteiger charge is 2.10. The highest BCUT2D eigenvalue weighted by molar-refractivity contribution is 5.66. The number of carboxylic acids is 1. The van der Waals surface area contributed by atoms with Gasteiger partial charge in [-0.1, -0.05) is 24.3 Å². The van der Waals surface area contributed by atoms with Gasteiger partial charge in [0.05, 0.1) is 12.5 Å². The van der Waals surface area contributed by atoms with Gasteiger partial charge in [0.25, 0.3) is 0 Å². The second kappa shape index (κ2) is 9.53. The third kappa shape index (κ3) is 7.83. The number of hydrogen-bond acceptors (Lipinski definition) is 3. The minimum absolute atomic E-state index is 0.177. The highest BCUT2D eigenvalue weighted by Crippen LogP contribution is 2.11. The Kier molecular flexibility index (Phi) is 8.01. The van der Waals surface area contributed by atoms with Crippen molar-refractivity contribution in [2.75, 3.05) is 19.7 Å². The Morgan fingerprint density at radius 2 is 2.00 bits per heavy atom. The number of rotatable bonds is 10. The molecule has 1 aromatic carbocycles. The van der Waals surface area contributed by atoms with Gasteiger partial charge in [-0.3, -0.25) is 9.69 Å². The fourth-order valence-corrected chi connectivity index (χ4v) is 2.16. The molecule has 0 saturated heterocycles. The topological polar surface area (TPSA) is 49.8 Å². The molecule has 4 nitrogen and oxygen atoms in total. The van der Waals surface area contributed by atoms with Crippen LogP contribution in [0.1, 0.15) is 37.8 Å². The van der Waals surface area contributed by atoms with E-state index in [1.54, 1.807) is 0 Å². The van der Waals surface area contributed by atoms with Crippen molar-refractivity contribution < 1.29 is 14.6 Å². The lowest BCUT2D eigenvalue weighted by Crippen LogP contribution is -2.28. The Balaban J connectivity index is 2.51. The summed E-state index contributed by atoms with van der Waals surface area (Å²) >= 11 is 0. The van der Waals surface area contributed by atoms with Crippen molar-refractivity contribution in [1.82, 2.24) is 4.90 Å². The number of ether oxygens (including phenoxy) is 1. The first kappa shape index (κ1) is 17.7. The van der Waals surface area contributed by atoms with Crippen molar-refractivity contribution in [2.45, 2.75) is 46.3 Å². The number of hydrogen-bond donors (Lipinski definition) is 1. The molecule has 0 fully saturated rings. The molecular weight excluding hydrogens is 266 g/mol. The van der Waals surface area contributed by atoms with Gasteiger partial charge in [0, 0.05) is 26.2 Å². The first-order chi connectivity index (χ1) is 9.99. The second-order valence-electron chi connectivity index (χ2n) is 5.62. The van der Waals surface area contributed by atoms with Crippen molar-refractivity contribution in [1.29, 1.82) is 0 Å². The summed E-state index contributed by atoms with van der Waals surface area (Å²) in [6.45, 7) is 9.08. The summed E-state index contributed by atoms with van der Waals surface area (Å²) in [5.74, 6) is -0.747. The Morgan fingerprint density at radius 1 is 1.29 bits per heavy atom. The van der Waals surface area contributed by atoms with Gasteiger partial charge in [-0.2, -0.15) is 0 Å². The Morgan fingerprint density at radius 3 is 2.62 bits per heavy atom. The van der Waals surface area contributed by atoms with Crippen LogP contribution >= 0.6 is 0 Å². The fraction of sp³-hybridized carbons (Fsp3) is 0.588. The molecule has 21 heavy (non-hydrogen) atoms. The van der Waals surface area contributed by atoms with E-state index >= 15 is 0 Å². The Hall–Kier alpha value is -1.39. The van der Waals surface area contributed by atoms with Crippen molar-refractivity contribution in [3.8, 4) is 0 Å². The first-order valence-corrected chi connectivity index (χ1v) is 7.59. The van der Waals surface area contributed by atoms with E-state index in [2.05, 4.69) is 24.0 Å². The van der Waals surface area contributed by atoms with Crippen molar-refractivity contribution >= 4 is 5.97 Å². The van der Waals surface area contributed by atoms with Crippen LogP contribution in [-0.4, -0.2) is 41.8 Å². The number of aliphatic carboxylic acids is 1. The van der Waals surface area contributed by atoms with Crippen LogP contribution < -0.4 is 0 Å². The molecule has 0 saturated carbocycles. The fourth-order valence-electron chi connectivity index (χ4n) is 2.16. The monoisotopic (exact) mass is 293 g/mol. The molecule has 0 aromatic heterocycles. The summed E-state index contributed by atoms with van der Waals surface area (Å²) < 4.78 is 5.55. The van der Waals surface area contributed by atoms with Gasteiger partial charge in [0.1, 0.15) is 0 Å². The summed E-state index contributed by atoms with van der Waals surface area (Å²) in [7, 11) is 0. The van der Waals surface area contributed by atoms with E-state index in [1.807, 2.05) is 26.0 Å². The molecule has 0 radical (unpaired) electrons. The Bertz CT molecular complexity index is 432. The molecule has 118 valence electrons. The van der Waals surface area contributed by atoms with Crippen LogP contribution in [0.3, 0.4) is 0 Å². The van der Waals surface area contributed by atoms with Gasteiger partial charge in [-0.05, 0) is 38.3 Å². The summed E-state index contributed by atoms with van der Waals surface area (Å²) in [5, 5.41) is 8.88. The highest BCUT2D eigenvalue weighted by atomic mass is 16.5. The molecule has 4 heteroatoms. The molecule has 1 aromatic rings. The van der Waals surface area contributed by atoms with Crippen LogP contribution in [0, 0.1) is 6.92 Å². The molecule has 0 aliphatic carbocycles. The molecule has 0 amide bonds. The average molecular weight is 293 g/mol. The Labute approximate surface area is 127 Å². The van der Waals surface area contributed by atoms with Crippen LogP contribution in [0.2, 0.25) is 0 Å². The van der Waals surface area contributed by atoms with Crippen molar-refractivity contribution in [3.05, 3.63) is 35.4 Å². The maximum atomic E-state index is 10.8. The molecule has 0 heterocycles. The molecule has 0 aliphatic heterocycles. The molecule has 0 spiro atoms. The lowest BCUT2D eigenvalue weighted by molar-refractivity contribution is -0.137. The van der Waals surface area contributed by atoms with Crippen LogP contribution in [-0.2, 0) is 16.1 Å². The van der Waals surface area contributed by atoms with E-state index in [1.165, 1.54) is 11.1 Å². The molecule has 0 bridgehead atoms. The predicted molar refractivity (Wildman–Crippen MR) is 84.4 cm³/mol. The molecular formula is C17H27NO3. The summed E-state index contributed by atoms with van der Waals surface area (Å²) in [4.78, 5) is 13.0. The van der Waals surface area contributed by atoms with Gasteiger partial charge < -0.3 is 9.84 Å². The molecule has 0 aliphatic rings. The quantitative estimate of drug-likeness (QED) is 0.674. The first-order valence-electron chi connectivity index (χ1n) is 7.59. The third-order valence-corrected chi connectivity index (χ3v) is 3.37. The maximum absolute atomic E-state index is 10.8. The van der Waals surface area contributed by atoms with Gasteiger partial charge in [0.2, 0.25) is 0 Å². The number of carbonyl (C=O) groups is 1. The van der Waals surface area contributed by atoms with Crippen LogP contribution in [0.5, 0.6) is 0 Å². The van der Waals surface area contributed by atoms with Gasteiger partial charge in [-0.15, -0.1) is 0 Å². The lowest BCUT2D eigenvalue weighted by Gasteiger charge is -2.22. The van der Waals surface area contributed by atoms with Crippen LogP contribution in [0.4, 0.5) is 0 Å². The molecule has 1 N–H and O–H groups in total. The number of nitrogens with zero attached hydrogens (tertiary/aromatic N) is 1. The predicted octanol–water partition coefficient (Wildman–Crippen LogP) is 3.09. The number of carboxylic acid groups (broad SMARTS) is 1. The zero-order valence-electron chi connectivity index (χ0n) is 13.3. The summed E-state index contributed by atoms with van der Waals surface area (Å²) in [6, 6.07) is 8.25. The van der Waals surface area contributed by atoms with E-state index in [-0.39, 0.29) is 12.5 Å². The standard InChI is InChI=1S/C17H27NO3/c1-14(2)21-12-6-10-18(11-9-17(19)20)13-16-8-5-4-7-15(16)3/h4-5,7-8,14H,6,9-13H2,1-3H3,(H,19,20). The maximum Gasteiger partial charge on any atom is 0.304 e. The smallest absolute Gasteiger partial charge is 0.304 e. The molecule has 0 atom stereocenters. The zero-order valence-corrected chi connectivity index (χ0v) is 13.3. The summed E-state index contributed by atoms with van der Waals surface area (Å²) in [6.07, 6.45) is 1.34. The van der Waals surface area contributed by atoms with Gasteiger partial charge in [0.15, 0.2) is 0 Å². The number of aryl methyl sites for hydroxylation is 1. The van der Waals surface area contributed by atoms with Crippen molar-refractivity contribution in [2.24, 2.45) is 0 Å². The van der Waals surface area contributed by atoms with E-state index < -0.39 is 5.97 Å².